The van der Waals surface area contributed by atoms with Crippen LogP contribution in [0.4, 0.5) is 5.69 Å². The van der Waals surface area contributed by atoms with Gasteiger partial charge < -0.3 is 19.2 Å². The van der Waals surface area contributed by atoms with Gasteiger partial charge in [0.25, 0.3) is 0 Å². The van der Waals surface area contributed by atoms with E-state index in [0.29, 0.717) is 6.42 Å². The third-order valence-electron chi connectivity index (χ3n) is 5.45. The van der Waals surface area contributed by atoms with Crippen molar-refractivity contribution < 1.29 is 14.3 Å². The van der Waals surface area contributed by atoms with E-state index in [1.54, 1.807) is 0 Å². The second-order valence-corrected chi connectivity index (χ2v) is 7.78. The van der Waals surface area contributed by atoms with Crippen LogP contribution in [0.3, 0.4) is 0 Å². The second kappa shape index (κ2) is 7.24. The fourth-order valence-electron chi connectivity index (χ4n) is 3.85. The fourth-order valence-corrected chi connectivity index (χ4v) is 3.85. The number of rotatable bonds is 3. The summed E-state index contributed by atoms with van der Waals surface area (Å²) in [4.78, 5) is 13.9. The Morgan fingerprint density at radius 2 is 1.97 bits per heavy atom. The first-order valence-electron chi connectivity index (χ1n) is 9.63. The molecule has 3 aliphatic rings. The highest BCUT2D eigenvalue weighted by atomic mass is 16.4. The van der Waals surface area contributed by atoms with Crippen molar-refractivity contribution in [3.63, 3.8) is 0 Å². The zero-order valence-electron chi connectivity index (χ0n) is 17.1. The van der Waals surface area contributed by atoms with Gasteiger partial charge in [0, 0.05) is 60.3 Å². The summed E-state index contributed by atoms with van der Waals surface area (Å²) >= 11 is 0. The van der Waals surface area contributed by atoms with E-state index >= 15 is 0 Å². The normalized spacial score (nSPS) is 16.1. The molecule has 0 spiro atoms. The largest absolute Gasteiger partial charge is 0.549 e. The number of carboxylic acid groups (broad SMARTS) is 1. The summed E-state index contributed by atoms with van der Waals surface area (Å²) in [5.74, 6) is -1.02. The molecule has 4 rings (SSSR count). The predicted octanol–water partition coefficient (Wildman–Crippen LogP) is 2.34. The lowest BCUT2D eigenvalue weighted by atomic mass is 9.82. The Balaban J connectivity index is 2.12. The smallest absolute Gasteiger partial charge is 0.203 e. The first-order valence-corrected chi connectivity index (χ1v) is 9.63. The molecule has 148 valence electrons. The van der Waals surface area contributed by atoms with Crippen molar-refractivity contribution >= 4 is 28.2 Å². The zero-order valence-corrected chi connectivity index (χ0v) is 17.1. The molecule has 1 aromatic rings. The summed E-state index contributed by atoms with van der Waals surface area (Å²) in [7, 11) is 7.92. The number of nitrogens with zero attached hydrogens (tertiary/aromatic N) is 2. The lowest BCUT2D eigenvalue weighted by Crippen LogP contribution is -2.32. The lowest BCUT2D eigenvalue weighted by Gasteiger charge is -2.26. The van der Waals surface area contributed by atoms with Crippen LogP contribution in [0, 0.1) is 5.92 Å². The molecule has 0 saturated heterocycles. The standard InChI is InChI=1S/C24H24N2O3/c1-25(2)15-9-11-19-21(13-15)29-22-14-16(26(3)4)10-12-20(22)23(19)17-7-5-6-8-18(17)24(27)28/h5-7,9-14,18H,8H2,1-4H3. The third-order valence-corrected chi connectivity index (χ3v) is 5.45. The van der Waals surface area contributed by atoms with Crippen LogP contribution in [0.2, 0.25) is 0 Å². The fraction of sp³-hybridized carbons (Fsp3) is 0.250. The molecule has 0 fully saturated rings. The van der Waals surface area contributed by atoms with Crippen LogP contribution in [0.25, 0.3) is 27.9 Å². The average molecular weight is 388 g/mol. The van der Waals surface area contributed by atoms with E-state index in [9.17, 15) is 9.90 Å². The van der Waals surface area contributed by atoms with Gasteiger partial charge in [-0.25, -0.2) is 4.58 Å². The second-order valence-electron chi connectivity index (χ2n) is 7.78. The Kier molecular flexibility index (Phi) is 4.74. The van der Waals surface area contributed by atoms with E-state index in [0.717, 1.165) is 44.5 Å². The molecular weight excluding hydrogens is 364 g/mol. The third kappa shape index (κ3) is 3.33. The van der Waals surface area contributed by atoms with E-state index in [1.807, 2.05) is 92.3 Å². The van der Waals surface area contributed by atoms with Gasteiger partial charge in [0.1, 0.15) is 25.4 Å². The van der Waals surface area contributed by atoms with Gasteiger partial charge in [-0.2, -0.15) is 0 Å². The molecule has 1 unspecified atom stereocenters. The Morgan fingerprint density at radius 3 is 2.66 bits per heavy atom. The van der Waals surface area contributed by atoms with E-state index in [4.69, 9.17) is 4.42 Å². The quantitative estimate of drug-likeness (QED) is 0.511. The molecule has 0 aromatic heterocycles. The van der Waals surface area contributed by atoms with Crippen molar-refractivity contribution in [2.45, 2.75) is 6.42 Å². The minimum atomic E-state index is -1.06. The minimum Gasteiger partial charge on any atom is -0.549 e. The Morgan fingerprint density at radius 1 is 1.17 bits per heavy atom. The molecule has 1 heterocycles. The number of aliphatic carboxylic acids is 1. The number of carbonyl (C=O) groups excluding carboxylic acids is 1. The predicted molar refractivity (Wildman–Crippen MR) is 115 cm³/mol. The number of allylic oxidation sites excluding steroid dienone is 3. The van der Waals surface area contributed by atoms with Gasteiger partial charge in [0.15, 0.2) is 0 Å². The number of hydrogen-bond donors (Lipinski definition) is 0. The van der Waals surface area contributed by atoms with Crippen molar-refractivity contribution in [2.75, 3.05) is 33.1 Å². The molecular formula is C24H24N2O3. The molecule has 0 amide bonds. The minimum absolute atomic E-state index is 0.425. The molecule has 1 aromatic carbocycles. The number of hydrogen-bond acceptors (Lipinski definition) is 4. The first kappa shape index (κ1) is 19.0. The van der Waals surface area contributed by atoms with Crippen molar-refractivity contribution in [1.29, 1.82) is 0 Å². The molecule has 0 saturated carbocycles. The van der Waals surface area contributed by atoms with Crippen LogP contribution in [-0.2, 0) is 4.79 Å². The molecule has 1 aliphatic heterocycles. The maximum absolute atomic E-state index is 11.9. The molecule has 0 bridgehead atoms. The highest BCUT2D eigenvalue weighted by Crippen LogP contribution is 2.42. The van der Waals surface area contributed by atoms with Crippen LogP contribution in [-0.4, -0.2) is 34.2 Å². The molecule has 29 heavy (non-hydrogen) atoms. The molecule has 2 aliphatic carbocycles. The van der Waals surface area contributed by atoms with Crippen molar-refractivity contribution in [1.82, 2.24) is 4.58 Å². The molecule has 0 radical (unpaired) electrons. The van der Waals surface area contributed by atoms with Crippen molar-refractivity contribution in [3.05, 3.63) is 65.5 Å². The number of fused-ring (bicyclic) bond motifs is 2. The maximum atomic E-state index is 11.9. The summed E-state index contributed by atoms with van der Waals surface area (Å²) < 4.78 is 8.31. The van der Waals surface area contributed by atoms with Crippen LogP contribution < -0.4 is 19.9 Å². The van der Waals surface area contributed by atoms with Crippen LogP contribution in [0.15, 0.2) is 59.0 Å². The lowest BCUT2D eigenvalue weighted by molar-refractivity contribution is -0.309. The van der Waals surface area contributed by atoms with Crippen molar-refractivity contribution in [3.8, 4) is 11.3 Å². The number of anilines is 1. The van der Waals surface area contributed by atoms with E-state index < -0.39 is 11.9 Å². The molecule has 1 atom stereocenters. The van der Waals surface area contributed by atoms with E-state index in [2.05, 4.69) is 0 Å². The number of carboxylic acids is 1. The first-order chi connectivity index (χ1) is 13.9. The SMILES string of the molecule is CN(C)c1ccc2c(C3=CC=CCC3C(=O)[O-])c3ccc(=[N+](C)C)cc-3oc2c1. The number of benzene rings is 2. The van der Waals surface area contributed by atoms with Gasteiger partial charge >= 0.3 is 0 Å². The van der Waals surface area contributed by atoms with Crippen LogP contribution in [0.5, 0.6) is 0 Å². The highest BCUT2D eigenvalue weighted by Gasteiger charge is 2.25. The van der Waals surface area contributed by atoms with E-state index in [1.165, 1.54) is 0 Å². The average Bonchev–Trinajstić information content (AvgIpc) is 2.70. The van der Waals surface area contributed by atoms with Gasteiger partial charge in [-0.15, -0.1) is 0 Å². The van der Waals surface area contributed by atoms with Gasteiger partial charge in [-0.05, 0) is 30.2 Å². The van der Waals surface area contributed by atoms with Gasteiger partial charge in [0.05, 0.1) is 6.07 Å². The number of carbonyl (C=O) groups is 1. The highest BCUT2D eigenvalue weighted by molar-refractivity contribution is 6.03. The topological polar surface area (TPSA) is 59.5 Å². The monoisotopic (exact) mass is 388 g/mol. The van der Waals surface area contributed by atoms with E-state index in [-0.39, 0.29) is 0 Å². The Hall–Kier alpha value is -3.34. The Bertz CT molecular complexity index is 1210. The molecule has 5 nitrogen and oxygen atoms in total. The molecule has 5 heteroatoms. The maximum Gasteiger partial charge on any atom is 0.203 e. The van der Waals surface area contributed by atoms with Gasteiger partial charge in [-0.3, -0.25) is 0 Å². The Labute approximate surface area is 169 Å². The summed E-state index contributed by atoms with van der Waals surface area (Å²) in [6, 6.07) is 12.0. The van der Waals surface area contributed by atoms with Gasteiger partial charge in [-0.1, -0.05) is 18.2 Å². The van der Waals surface area contributed by atoms with Crippen molar-refractivity contribution in [2.24, 2.45) is 5.92 Å². The summed E-state index contributed by atoms with van der Waals surface area (Å²) in [6.07, 6.45) is 6.10. The molecule has 0 N–H and O–H groups in total. The summed E-state index contributed by atoms with van der Waals surface area (Å²) in [5, 5.41) is 13.8. The van der Waals surface area contributed by atoms with Gasteiger partial charge in [0.2, 0.25) is 5.36 Å². The van der Waals surface area contributed by atoms with Crippen LogP contribution in [0.1, 0.15) is 12.0 Å². The zero-order chi connectivity index (χ0) is 20.7. The van der Waals surface area contributed by atoms with Crippen LogP contribution >= 0.6 is 0 Å². The summed E-state index contributed by atoms with van der Waals surface area (Å²) in [6.45, 7) is 0. The summed E-state index contributed by atoms with van der Waals surface area (Å²) in [5.41, 5.74) is 4.30.